The Morgan fingerprint density at radius 2 is 1.90 bits per heavy atom. The van der Waals surface area contributed by atoms with Gasteiger partial charge in [-0.3, -0.25) is 4.79 Å². The average Bonchev–Trinajstić information content (AvgIpc) is 2.43. The Labute approximate surface area is 126 Å². The summed E-state index contributed by atoms with van der Waals surface area (Å²) in [6, 6.07) is 7.64. The molecule has 3 atom stereocenters. The van der Waals surface area contributed by atoms with Crippen LogP contribution in [0.15, 0.2) is 24.3 Å². The number of nitrogens with one attached hydrogen (secondary N) is 2. The Balaban J connectivity index is 1.74. The molecule has 1 aliphatic rings. The molecule has 1 aromatic rings. The molecule has 110 valence electrons. The van der Waals surface area contributed by atoms with Crippen molar-refractivity contribution < 1.29 is 4.79 Å². The van der Waals surface area contributed by atoms with Gasteiger partial charge in [0.2, 0.25) is 5.91 Å². The van der Waals surface area contributed by atoms with Crippen molar-refractivity contribution in [3.05, 3.63) is 29.3 Å². The zero-order chi connectivity index (χ0) is 14.5. The predicted octanol–water partition coefficient (Wildman–Crippen LogP) is 3.69. The van der Waals surface area contributed by atoms with Crippen LogP contribution in [0.4, 0.5) is 5.69 Å². The van der Waals surface area contributed by atoms with E-state index in [2.05, 4.69) is 24.5 Å². The van der Waals surface area contributed by atoms with Gasteiger partial charge in [0.25, 0.3) is 0 Å². The molecule has 1 aliphatic carbocycles. The molecular formula is C16H23ClN2O. The normalized spacial score (nSPS) is 26.2. The van der Waals surface area contributed by atoms with Gasteiger partial charge in [0.15, 0.2) is 0 Å². The van der Waals surface area contributed by atoms with Crippen LogP contribution in [0, 0.1) is 11.8 Å². The number of carbonyl (C=O) groups is 1. The van der Waals surface area contributed by atoms with Crippen molar-refractivity contribution in [1.82, 2.24) is 5.32 Å². The third-order valence-electron chi connectivity index (χ3n) is 4.28. The highest BCUT2D eigenvalue weighted by Gasteiger charge is 2.24. The molecule has 0 radical (unpaired) electrons. The standard InChI is InChI=1S/C16H23ClN2O/c1-11-3-6-15(9-12(11)2)18-10-16(20)19-14-7-4-13(17)5-8-14/h4-5,7-8,11-12,15,18H,3,6,9-10H2,1-2H3,(H,19,20). The van der Waals surface area contributed by atoms with Crippen LogP contribution in [-0.2, 0) is 4.79 Å². The molecule has 0 aromatic heterocycles. The van der Waals surface area contributed by atoms with Gasteiger partial charge in [0.1, 0.15) is 0 Å². The van der Waals surface area contributed by atoms with E-state index < -0.39 is 0 Å². The molecule has 1 fully saturated rings. The molecular weight excluding hydrogens is 272 g/mol. The molecule has 0 aliphatic heterocycles. The third kappa shape index (κ3) is 4.50. The first kappa shape index (κ1) is 15.3. The summed E-state index contributed by atoms with van der Waals surface area (Å²) >= 11 is 5.81. The Bertz CT molecular complexity index is 446. The average molecular weight is 295 g/mol. The molecule has 20 heavy (non-hydrogen) atoms. The van der Waals surface area contributed by atoms with Gasteiger partial charge in [-0.2, -0.15) is 0 Å². The summed E-state index contributed by atoms with van der Waals surface area (Å²) in [5.74, 6) is 1.54. The van der Waals surface area contributed by atoms with Gasteiger partial charge >= 0.3 is 0 Å². The fourth-order valence-electron chi connectivity index (χ4n) is 2.71. The van der Waals surface area contributed by atoms with Crippen molar-refractivity contribution in [3.8, 4) is 0 Å². The van der Waals surface area contributed by atoms with E-state index in [-0.39, 0.29) is 5.91 Å². The molecule has 0 spiro atoms. The van der Waals surface area contributed by atoms with Crippen molar-refractivity contribution in [3.63, 3.8) is 0 Å². The van der Waals surface area contributed by atoms with Gasteiger partial charge in [0, 0.05) is 16.8 Å². The summed E-state index contributed by atoms with van der Waals surface area (Å²) < 4.78 is 0. The molecule has 1 saturated carbocycles. The lowest BCUT2D eigenvalue weighted by molar-refractivity contribution is -0.115. The summed E-state index contributed by atoms with van der Waals surface area (Å²) in [4.78, 5) is 11.9. The molecule has 3 nitrogen and oxygen atoms in total. The van der Waals surface area contributed by atoms with E-state index in [1.165, 1.54) is 12.8 Å². The molecule has 1 amide bonds. The van der Waals surface area contributed by atoms with Gasteiger partial charge < -0.3 is 10.6 Å². The van der Waals surface area contributed by atoms with Crippen molar-refractivity contribution in [2.45, 2.75) is 39.2 Å². The number of carbonyl (C=O) groups excluding carboxylic acids is 1. The maximum absolute atomic E-state index is 11.9. The van der Waals surface area contributed by atoms with Crippen molar-refractivity contribution in [1.29, 1.82) is 0 Å². The van der Waals surface area contributed by atoms with E-state index in [4.69, 9.17) is 11.6 Å². The van der Waals surface area contributed by atoms with Gasteiger partial charge in [0.05, 0.1) is 6.54 Å². The van der Waals surface area contributed by atoms with Gasteiger partial charge in [-0.15, -0.1) is 0 Å². The highest BCUT2D eigenvalue weighted by Crippen LogP contribution is 2.29. The number of amides is 1. The molecule has 0 saturated heterocycles. The number of hydrogen-bond acceptors (Lipinski definition) is 2. The minimum atomic E-state index is -0.00130. The molecule has 0 bridgehead atoms. The van der Waals surface area contributed by atoms with Crippen LogP contribution in [0.5, 0.6) is 0 Å². The lowest BCUT2D eigenvalue weighted by Crippen LogP contribution is -2.40. The summed E-state index contributed by atoms with van der Waals surface area (Å²) in [5.41, 5.74) is 0.784. The van der Waals surface area contributed by atoms with Gasteiger partial charge in [-0.05, 0) is 55.4 Å². The second-order valence-electron chi connectivity index (χ2n) is 5.90. The van der Waals surface area contributed by atoms with Crippen LogP contribution in [0.3, 0.4) is 0 Å². The first-order valence-electron chi connectivity index (χ1n) is 7.33. The monoisotopic (exact) mass is 294 g/mol. The van der Waals surface area contributed by atoms with Crippen molar-refractivity contribution in [2.75, 3.05) is 11.9 Å². The van der Waals surface area contributed by atoms with Crippen LogP contribution >= 0.6 is 11.6 Å². The van der Waals surface area contributed by atoms with Crippen LogP contribution in [0.1, 0.15) is 33.1 Å². The highest BCUT2D eigenvalue weighted by molar-refractivity contribution is 6.30. The first-order chi connectivity index (χ1) is 9.54. The van der Waals surface area contributed by atoms with Crippen LogP contribution in [0.25, 0.3) is 0 Å². The maximum Gasteiger partial charge on any atom is 0.238 e. The minimum absolute atomic E-state index is 0.00130. The predicted molar refractivity (Wildman–Crippen MR) is 84.1 cm³/mol. The molecule has 4 heteroatoms. The van der Waals surface area contributed by atoms with Crippen molar-refractivity contribution in [2.24, 2.45) is 11.8 Å². The van der Waals surface area contributed by atoms with Crippen LogP contribution in [0.2, 0.25) is 5.02 Å². The largest absolute Gasteiger partial charge is 0.325 e. The van der Waals surface area contributed by atoms with E-state index >= 15 is 0 Å². The topological polar surface area (TPSA) is 41.1 Å². The Kier molecular flexibility index (Phi) is 5.44. The van der Waals surface area contributed by atoms with E-state index in [1.54, 1.807) is 12.1 Å². The summed E-state index contributed by atoms with van der Waals surface area (Å²) in [5, 5.41) is 6.91. The fraction of sp³-hybridized carbons (Fsp3) is 0.562. The zero-order valence-electron chi connectivity index (χ0n) is 12.2. The van der Waals surface area contributed by atoms with E-state index in [9.17, 15) is 4.79 Å². The summed E-state index contributed by atoms with van der Waals surface area (Å²) in [6.07, 6.45) is 3.58. The maximum atomic E-state index is 11.9. The second kappa shape index (κ2) is 7.09. The number of benzene rings is 1. The zero-order valence-corrected chi connectivity index (χ0v) is 12.9. The number of halogens is 1. The third-order valence-corrected chi connectivity index (χ3v) is 4.53. The SMILES string of the molecule is CC1CCC(NCC(=O)Nc2ccc(Cl)cc2)CC1C. The van der Waals surface area contributed by atoms with E-state index in [0.29, 0.717) is 17.6 Å². The van der Waals surface area contributed by atoms with E-state index in [0.717, 1.165) is 23.9 Å². The lowest BCUT2D eigenvalue weighted by atomic mass is 9.79. The molecule has 3 unspecified atom stereocenters. The fourth-order valence-corrected chi connectivity index (χ4v) is 2.83. The minimum Gasteiger partial charge on any atom is -0.325 e. The number of anilines is 1. The van der Waals surface area contributed by atoms with Crippen LogP contribution < -0.4 is 10.6 Å². The molecule has 2 rings (SSSR count). The Morgan fingerprint density at radius 1 is 1.20 bits per heavy atom. The lowest BCUT2D eigenvalue weighted by Gasteiger charge is -2.32. The van der Waals surface area contributed by atoms with Gasteiger partial charge in [-0.1, -0.05) is 25.4 Å². The van der Waals surface area contributed by atoms with Gasteiger partial charge in [-0.25, -0.2) is 0 Å². The van der Waals surface area contributed by atoms with E-state index in [1.807, 2.05) is 12.1 Å². The van der Waals surface area contributed by atoms with Crippen molar-refractivity contribution >= 4 is 23.2 Å². The quantitative estimate of drug-likeness (QED) is 0.889. The number of hydrogen-bond donors (Lipinski definition) is 2. The second-order valence-corrected chi connectivity index (χ2v) is 6.34. The Hall–Kier alpha value is -1.06. The highest BCUT2D eigenvalue weighted by atomic mass is 35.5. The molecule has 2 N–H and O–H groups in total. The summed E-state index contributed by atoms with van der Waals surface area (Å²) in [7, 11) is 0. The number of rotatable bonds is 4. The first-order valence-corrected chi connectivity index (χ1v) is 7.71. The summed E-state index contributed by atoms with van der Waals surface area (Å²) in [6.45, 7) is 4.98. The van der Waals surface area contributed by atoms with Crippen LogP contribution in [-0.4, -0.2) is 18.5 Å². The smallest absolute Gasteiger partial charge is 0.238 e. The molecule has 0 heterocycles. The molecule has 1 aromatic carbocycles. The Morgan fingerprint density at radius 3 is 2.55 bits per heavy atom.